The molecule has 30 heavy (non-hydrogen) atoms. The van der Waals surface area contributed by atoms with Gasteiger partial charge in [0.2, 0.25) is 5.95 Å². The van der Waals surface area contributed by atoms with Gasteiger partial charge in [0.25, 0.3) is 0 Å². The van der Waals surface area contributed by atoms with Gasteiger partial charge in [-0.05, 0) is 56.9 Å². The number of H-pyrrole nitrogens is 1. The van der Waals surface area contributed by atoms with Crippen molar-refractivity contribution in [1.82, 2.24) is 25.3 Å². The smallest absolute Gasteiger partial charge is 0.223 e. The SMILES string of the molecule is Cc1cnc(NC2CCCCC2)nc1-c1n[nH]c2cc(-c3c(C)noc3C)ccc12. The standard InChI is InChI=1S/C23H26N6O/c1-13-12-24-23(25-17-7-5-4-6-8-17)26-21(13)22-18-10-9-16(11-19(18)27-28-22)20-14(2)29-30-15(20)3/h9-12,17H,4-8H2,1-3H3,(H,27,28)(H,24,25,26). The summed E-state index contributed by atoms with van der Waals surface area (Å²) in [7, 11) is 0. The Bertz CT molecular complexity index is 1180. The van der Waals surface area contributed by atoms with E-state index in [1.165, 1.54) is 32.1 Å². The van der Waals surface area contributed by atoms with E-state index in [0.29, 0.717) is 12.0 Å². The number of aromatic nitrogens is 5. The number of benzene rings is 1. The predicted octanol–water partition coefficient (Wildman–Crippen LogP) is 5.34. The summed E-state index contributed by atoms with van der Waals surface area (Å²) in [6.07, 6.45) is 8.12. The van der Waals surface area contributed by atoms with Gasteiger partial charge >= 0.3 is 0 Å². The molecule has 154 valence electrons. The van der Waals surface area contributed by atoms with Crippen LogP contribution in [0, 0.1) is 20.8 Å². The molecule has 5 rings (SSSR count). The molecule has 1 aromatic carbocycles. The van der Waals surface area contributed by atoms with Gasteiger partial charge in [0, 0.05) is 23.2 Å². The first kappa shape index (κ1) is 18.8. The Morgan fingerprint density at radius 2 is 1.90 bits per heavy atom. The Morgan fingerprint density at radius 1 is 1.07 bits per heavy atom. The summed E-state index contributed by atoms with van der Waals surface area (Å²) in [5.74, 6) is 1.50. The predicted molar refractivity (Wildman–Crippen MR) is 117 cm³/mol. The highest BCUT2D eigenvalue weighted by Crippen LogP contribution is 2.33. The molecule has 0 spiro atoms. The van der Waals surface area contributed by atoms with Crippen molar-refractivity contribution in [3.8, 4) is 22.5 Å². The number of aromatic amines is 1. The van der Waals surface area contributed by atoms with Crippen LogP contribution in [-0.4, -0.2) is 31.4 Å². The Morgan fingerprint density at radius 3 is 2.67 bits per heavy atom. The van der Waals surface area contributed by atoms with E-state index in [4.69, 9.17) is 9.51 Å². The molecule has 0 radical (unpaired) electrons. The summed E-state index contributed by atoms with van der Waals surface area (Å²) in [4.78, 5) is 9.34. The van der Waals surface area contributed by atoms with Gasteiger partial charge in [-0.1, -0.05) is 30.5 Å². The fourth-order valence-corrected chi connectivity index (χ4v) is 4.43. The molecular formula is C23H26N6O. The van der Waals surface area contributed by atoms with E-state index in [2.05, 4.69) is 43.9 Å². The second-order valence-electron chi connectivity index (χ2n) is 8.24. The van der Waals surface area contributed by atoms with Crippen molar-refractivity contribution in [3.63, 3.8) is 0 Å². The van der Waals surface area contributed by atoms with Crippen LogP contribution in [0.1, 0.15) is 49.1 Å². The Kier molecular flexibility index (Phi) is 4.73. The van der Waals surface area contributed by atoms with Crippen LogP contribution in [0.2, 0.25) is 0 Å². The van der Waals surface area contributed by atoms with Crippen molar-refractivity contribution in [3.05, 3.63) is 41.4 Å². The van der Waals surface area contributed by atoms with Gasteiger partial charge in [-0.3, -0.25) is 5.10 Å². The number of fused-ring (bicyclic) bond motifs is 1. The van der Waals surface area contributed by atoms with Crippen LogP contribution in [0.15, 0.2) is 28.9 Å². The lowest BCUT2D eigenvalue weighted by Gasteiger charge is -2.22. The average Bonchev–Trinajstić information content (AvgIpc) is 3.32. The number of aryl methyl sites for hydroxylation is 3. The molecule has 0 amide bonds. The first-order chi connectivity index (χ1) is 14.6. The fraction of sp³-hybridized carbons (Fsp3) is 0.391. The lowest BCUT2D eigenvalue weighted by atomic mass is 9.96. The minimum Gasteiger partial charge on any atom is -0.361 e. The van der Waals surface area contributed by atoms with Crippen LogP contribution in [0.3, 0.4) is 0 Å². The second-order valence-corrected chi connectivity index (χ2v) is 8.24. The molecule has 1 saturated carbocycles. The summed E-state index contributed by atoms with van der Waals surface area (Å²) in [6, 6.07) is 6.73. The van der Waals surface area contributed by atoms with Crippen molar-refractivity contribution >= 4 is 16.9 Å². The van der Waals surface area contributed by atoms with Gasteiger partial charge in [0.05, 0.1) is 16.9 Å². The van der Waals surface area contributed by atoms with E-state index in [1.54, 1.807) is 0 Å². The quantitative estimate of drug-likeness (QED) is 0.478. The first-order valence-corrected chi connectivity index (χ1v) is 10.6. The van der Waals surface area contributed by atoms with Gasteiger partial charge in [-0.15, -0.1) is 0 Å². The van der Waals surface area contributed by atoms with E-state index < -0.39 is 0 Å². The van der Waals surface area contributed by atoms with Crippen molar-refractivity contribution in [2.24, 2.45) is 0 Å². The van der Waals surface area contributed by atoms with E-state index in [9.17, 15) is 0 Å². The lowest BCUT2D eigenvalue weighted by Crippen LogP contribution is -2.23. The number of anilines is 1. The third-order valence-electron chi connectivity index (χ3n) is 6.02. The third-order valence-corrected chi connectivity index (χ3v) is 6.02. The summed E-state index contributed by atoms with van der Waals surface area (Å²) >= 11 is 0. The van der Waals surface area contributed by atoms with Crippen LogP contribution in [0.5, 0.6) is 0 Å². The molecule has 1 aliphatic rings. The highest BCUT2D eigenvalue weighted by atomic mass is 16.5. The lowest BCUT2D eigenvalue weighted by molar-refractivity contribution is 0.393. The van der Waals surface area contributed by atoms with Crippen LogP contribution < -0.4 is 5.32 Å². The van der Waals surface area contributed by atoms with Crippen LogP contribution in [0.4, 0.5) is 5.95 Å². The molecular weight excluding hydrogens is 376 g/mol. The normalized spacial score (nSPS) is 15.0. The summed E-state index contributed by atoms with van der Waals surface area (Å²) in [5, 5.41) is 16.4. The molecule has 0 unspecified atom stereocenters. The maximum Gasteiger partial charge on any atom is 0.223 e. The largest absolute Gasteiger partial charge is 0.361 e. The third kappa shape index (κ3) is 3.34. The van der Waals surface area contributed by atoms with Crippen molar-refractivity contribution < 1.29 is 4.52 Å². The molecule has 1 aliphatic carbocycles. The van der Waals surface area contributed by atoms with Gasteiger partial charge in [0.15, 0.2) is 0 Å². The molecule has 2 N–H and O–H groups in total. The minimum atomic E-state index is 0.461. The zero-order valence-corrected chi connectivity index (χ0v) is 17.6. The van der Waals surface area contributed by atoms with Crippen LogP contribution in [0.25, 0.3) is 33.4 Å². The van der Waals surface area contributed by atoms with Crippen molar-refractivity contribution in [2.75, 3.05) is 5.32 Å². The molecule has 3 aromatic heterocycles. The monoisotopic (exact) mass is 402 g/mol. The number of hydrogen-bond acceptors (Lipinski definition) is 6. The second kappa shape index (κ2) is 7.55. The number of rotatable bonds is 4. The molecule has 0 bridgehead atoms. The zero-order chi connectivity index (χ0) is 20.7. The zero-order valence-electron chi connectivity index (χ0n) is 17.6. The van der Waals surface area contributed by atoms with Gasteiger partial charge < -0.3 is 9.84 Å². The molecule has 3 heterocycles. The summed E-state index contributed by atoms with van der Waals surface area (Å²) < 4.78 is 5.33. The summed E-state index contributed by atoms with van der Waals surface area (Å²) in [6.45, 7) is 5.92. The molecule has 0 saturated heterocycles. The first-order valence-electron chi connectivity index (χ1n) is 10.6. The molecule has 7 nitrogen and oxygen atoms in total. The van der Waals surface area contributed by atoms with E-state index in [1.807, 2.05) is 27.0 Å². The number of nitrogens with one attached hydrogen (secondary N) is 2. The van der Waals surface area contributed by atoms with Crippen LogP contribution in [-0.2, 0) is 0 Å². The fourth-order valence-electron chi connectivity index (χ4n) is 4.43. The van der Waals surface area contributed by atoms with Crippen molar-refractivity contribution in [2.45, 2.75) is 58.9 Å². The molecule has 0 atom stereocenters. The topological polar surface area (TPSA) is 92.5 Å². The Balaban J connectivity index is 1.51. The Labute approximate surface area is 175 Å². The van der Waals surface area contributed by atoms with Gasteiger partial charge in [-0.2, -0.15) is 5.10 Å². The van der Waals surface area contributed by atoms with Crippen LogP contribution >= 0.6 is 0 Å². The van der Waals surface area contributed by atoms with E-state index in [-0.39, 0.29) is 0 Å². The van der Waals surface area contributed by atoms with Gasteiger partial charge in [-0.25, -0.2) is 9.97 Å². The van der Waals surface area contributed by atoms with Crippen molar-refractivity contribution in [1.29, 1.82) is 0 Å². The molecule has 0 aliphatic heterocycles. The highest BCUT2D eigenvalue weighted by Gasteiger charge is 2.18. The van der Waals surface area contributed by atoms with E-state index in [0.717, 1.165) is 50.4 Å². The summed E-state index contributed by atoms with van der Waals surface area (Å²) in [5.41, 5.74) is 6.66. The highest BCUT2D eigenvalue weighted by molar-refractivity contribution is 5.95. The Hall–Kier alpha value is -3.22. The van der Waals surface area contributed by atoms with E-state index >= 15 is 0 Å². The average molecular weight is 403 g/mol. The number of nitrogens with zero attached hydrogens (tertiary/aromatic N) is 4. The number of hydrogen-bond donors (Lipinski definition) is 2. The maximum absolute atomic E-state index is 5.33. The van der Waals surface area contributed by atoms with Gasteiger partial charge in [0.1, 0.15) is 11.5 Å². The molecule has 1 fully saturated rings. The minimum absolute atomic E-state index is 0.461. The molecule has 4 aromatic rings. The maximum atomic E-state index is 5.33. The molecule has 7 heteroatoms.